The Morgan fingerprint density at radius 2 is 2.25 bits per heavy atom. The lowest BCUT2D eigenvalue weighted by molar-refractivity contribution is 0.409. The van der Waals surface area contributed by atoms with E-state index in [0.717, 1.165) is 10.0 Å². The molecule has 0 spiro atoms. The second-order valence-corrected chi connectivity index (χ2v) is 7.24. The van der Waals surface area contributed by atoms with Crippen LogP contribution in [0.4, 0.5) is 0 Å². The van der Waals surface area contributed by atoms with Crippen LogP contribution in [0.15, 0.2) is 28.7 Å². The van der Waals surface area contributed by atoms with E-state index >= 15 is 0 Å². The molecule has 0 amide bonds. The Morgan fingerprint density at radius 3 is 2.81 bits per heavy atom. The molecule has 1 atom stereocenters. The predicted molar refractivity (Wildman–Crippen MR) is 67.5 cm³/mol. The maximum absolute atomic E-state index is 11.8. The van der Waals surface area contributed by atoms with E-state index in [1.165, 1.54) is 0 Å². The Bertz CT molecular complexity index is 487. The molecule has 1 aromatic carbocycles. The summed E-state index contributed by atoms with van der Waals surface area (Å²) in [5.41, 5.74) is 1.02. The molecule has 0 saturated carbocycles. The summed E-state index contributed by atoms with van der Waals surface area (Å²) in [4.78, 5) is 0. The van der Waals surface area contributed by atoms with E-state index in [9.17, 15) is 8.42 Å². The van der Waals surface area contributed by atoms with Crippen molar-refractivity contribution in [2.24, 2.45) is 5.92 Å². The summed E-state index contributed by atoms with van der Waals surface area (Å²) in [6.07, 6.45) is 0. The summed E-state index contributed by atoms with van der Waals surface area (Å²) >= 11 is 3.38. The van der Waals surface area contributed by atoms with Crippen molar-refractivity contribution in [3.8, 4) is 0 Å². The van der Waals surface area contributed by atoms with Gasteiger partial charge in [-0.25, -0.2) is 8.42 Å². The fourth-order valence-electron chi connectivity index (χ4n) is 1.98. The maximum Gasteiger partial charge on any atom is 0.214 e. The van der Waals surface area contributed by atoms with E-state index in [-0.39, 0.29) is 11.7 Å². The molecule has 88 valence electrons. The van der Waals surface area contributed by atoms with Crippen molar-refractivity contribution in [2.75, 3.05) is 12.3 Å². The van der Waals surface area contributed by atoms with Crippen LogP contribution < -0.4 is 0 Å². The number of hydrogen-bond acceptors (Lipinski definition) is 2. The molecular formula is C11H14BrNO2S. The summed E-state index contributed by atoms with van der Waals surface area (Å²) in [7, 11) is -3.03. The van der Waals surface area contributed by atoms with Crippen molar-refractivity contribution in [2.45, 2.75) is 13.5 Å². The zero-order chi connectivity index (χ0) is 11.8. The van der Waals surface area contributed by atoms with Crippen molar-refractivity contribution in [3.63, 3.8) is 0 Å². The lowest BCUT2D eigenvalue weighted by Crippen LogP contribution is -2.25. The fourth-order valence-corrected chi connectivity index (χ4v) is 4.29. The van der Waals surface area contributed by atoms with Crippen LogP contribution in [0.5, 0.6) is 0 Å². The van der Waals surface area contributed by atoms with E-state index in [0.29, 0.717) is 13.1 Å². The minimum Gasteiger partial charge on any atom is -0.212 e. The third-order valence-corrected chi connectivity index (χ3v) is 5.20. The first-order chi connectivity index (χ1) is 7.47. The van der Waals surface area contributed by atoms with Crippen molar-refractivity contribution >= 4 is 26.0 Å². The quantitative estimate of drug-likeness (QED) is 0.840. The van der Waals surface area contributed by atoms with Crippen molar-refractivity contribution in [3.05, 3.63) is 34.3 Å². The summed E-state index contributed by atoms with van der Waals surface area (Å²) in [6, 6.07) is 7.76. The second-order valence-electron chi connectivity index (χ2n) is 4.31. The van der Waals surface area contributed by atoms with Crippen molar-refractivity contribution in [1.82, 2.24) is 4.31 Å². The van der Waals surface area contributed by atoms with Gasteiger partial charge in [0.25, 0.3) is 0 Å². The van der Waals surface area contributed by atoms with Gasteiger partial charge >= 0.3 is 0 Å². The summed E-state index contributed by atoms with van der Waals surface area (Å²) in [6.45, 7) is 3.08. The van der Waals surface area contributed by atoms with Crippen molar-refractivity contribution in [1.29, 1.82) is 0 Å². The van der Waals surface area contributed by atoms with Crippen LogP contribution in [0.25, 0.3) is 0 Å². The fraction of sp³-hybridized carbons (Fsp3) is 0.455. The zero-order valence-corrected chi connectivity index (χ0v) is 11.5. The zero-order valence-electron chi connectivity index (χ0n) is 9.06. The van der Waals surface area contributed by atoms with Gasteiger partial charge in [0.05, 0.1) is 5.75 Å². The van der Waals surface area contributed by atoms with Crippen LogP contribution in [0, 0.1) is 5.92 Å². The SMILES string of the molecule is CC1CN(Cc2cccc(Br)c2)S(=O)(=O)C1. The van der Waals surface area contributed by atoms with Gasteiger partial charge in [0.15, 0.2) is 0 Å². The Balaban J connectivity index is 2.17. The lowest BCUT2D eigenvalue weighted by Gasteiger charge is -2.14. The molecule has 1 unspecified atom stereocenters. The normalized spacial score (nSPS) is 24.8. The highest BCUT2D eigenvalue weighted by Crippen LogP contribution is 2.22. The first-order valence-electron chi connectivity index (χ1n) is 5.19. The van der Waals surface area contributed by atoms with Gasteiger partial charge < -0.3 is 0 Å². The molecule has 0 aromatic heterocycles. The van der Waals surface area contributed by atoms with Crippen LogP contribution in [0.1, 0.15) is 12.5 Å². The van der Waals surface area contributed by atoms with Crippen LogP contribution in [0.3, 0.4) is 0 Å². The molecule has 1 heterocycles. The molecule has 16 heavy (non-hydrogen) atoms. The Morgan fingerprint density at radius 1 is 1.50 bits per heavy atom. The summed E-state index contributed by atoms with van der Waals surface area (Å²) in [5.74, 6) is 0.512. The number of benzene rings is 1. The van der Waals surface area contributed by atoms with E-state index in [4.69, 9.17) is 0 Å². The Hall–Kier alpha value is -0.390. The van der Waals surface area contributed by atoms with E-state index < -0.39 is 10.0 Å². The van der Waals surface area contributed by atoms with E-state index in [1.54, 1.807) is 4.31 Å². The molecule has 2 rings (SSSR count). The van der Waals surface area contributed by atoms with Crippen LogP contribution in [-0.2, 0) is 16.6 Å². The molecule has 1 fully saturated rings. The highest BCUT2D eigenvalue weighted by Gasteiger charge is 2.33. The number of hydrogen-bond donors (Lipinski definition) is 0. The van der Waals surface area contributed by atoms with Gasteiger partial charge in [0, 0.05) is 17.6 Å². The van der Waals surface area contributed by atoms with Gasteiger partial charge in [0.2, 0.25) is 10.0 Å². The largest absolute Gasteiger partial charge is 0.214 e. The number of nitrogens with zero attached hydrogens (tertiary/aromatic N) is 1. The van der Waals surface area contributed by atoms with Crippen LogP contribution in [-0.4, -0.2) is 25.0 Å². The highest BCUT2D eigenvalue weighted by molar-refractivity contribution is 9.10. The Kier molecular flexibility index (Phi) is 3.37. The average Bonchev–Trinajstić information content (AvgIpc) is 2.39. The standard InChI is InChI=1S/C11H14BrNO2S/c1-9-6-13(16(14,15)8-9)7-10-3-2-4-11(12)5-10/h2-5,9H,6-8H2,1H3. The third-order valence-electron chi connectivity index (χ3n) is 2.65. The summed E-state index contributed by atoms with van der Waals surface area (Å²) in [5, 5.41) is 0. The molecule has 1 aromatic rings. The topological polar surface area (TPSA) is 37.4 Å². The smallest absolute Gasteiger partial charge is 0.212 e. The maximum atomic E-state index is 11.8. The molecule has 0 N–H and O–H groups in total. The highest BCUT2D eigenvalue weighted by atomic mass is 79.9. The molecule has 0 aliphatic carbocycles. The number of sulfonamides is 1. The van der Waals surface area contributed by atoms with Gasteiger partial charge in [-0.05, 0) is 23.6 Å². The second kappa shape index (κ2) is 4.47. The first kappa shape index (κ1) is 12.1. The minimum atomic E-state index is -3.03. The average molecular weight is 304 g/mol. The Labute approximate surface area is 105 Å². The minimum absolute atomic E-state index is 0.233. The molecule has 3 nitrogen and oxygen atoms in total. The first-order valence-corrected chi connectivity index (χ1v) is 7.60. The van der Waals surface area contributed by atoms with E-state index in [2.05, 4.69) is 15.9 Å². The molecule has 1 aliphatic rings. The van der Waals surface area contributed by atoms with Gasteiger partial charge in [-0.1, -0.05) is 35.0 Å². The lowest BCUT2D eigenvalue weighted by atomic mass is 10.2. The molecular weight excluding hydrogens is 290 g/mol. The molecule has 0 radical (unpaired) electrons. The van der Waals surface area contributed by atoms with Gasteiger partial charge in [0.1, 0.15) is 0 Å². The number of rotatable bonds is 2. The third kappa shape index (κ3) is 2.64. The van der Waals surface area contributed by atoms with Crippen LogP contribution >= 0.6 is 15.9 Å². The monoisotopic (exact) mass is 303 g/mol. The molecule has 1 aliphatic heterocycles. The van der Waals surface area contributed by atoms with E-state index in [1.807, 2.05) is 31.2 Å². The predicted octanol–water partition coefficient (Wildman–Crippen LogP) is 2.23. The molecule has 1 saturated heterocycles. The molecule has 5 heteroatoms. The van der Waals surface area contributed by atoms with Crippen molar-refractivity contribution < 1.29 is 8.42 Å². The van der Waals surface area contributed by atoms with Gasteiger partial charge in [-0.15, -0.1) is 0 Å². The van der Waals surface area contributed by atoms with Crippen LogP contribution in [0.2, 0.25) is 0 Å². The van der Waals surface area contributed by atoms with Gasteiger partial charge in [-0.2, -0.15) is 4.31 Å². The number of halogens is 1. The molecule has 0 bridgehead atoms. The summed E-state index contributed by atoms with van der Waals surface area (Å²) < 4.78 is 26.1. The van der Waals surface area contributed by atoms with Gasteiger partial charge in [-0.3, -0.25) is 0 Å².